The average Bonchev–Trinajstić information content (AvgIpc) is 2.56. The van der Waals surface area contributed by atoms with Gasteiger partial charge in [0.2, 0.25) is 0 Å². The van der Waals surface area contributed by atoms with Crippen molar-refractivity contribution >= 4 is 17.7 Å². The number of urea groups is 1. The molecule has 0 radical (unpaired) electrons. The van der Waals surface area contributed by atoms with E-state index in [0.717, 1.165) is 5.56 Å². The highest BCUT2D eigenvalue weighted by atomic mass is 19.1. The molecule has 5 nitrogen and oxygen atoms in total. The van der Waals surface area contributed by atoms with Crippen molar-refractivity contribution < 1.29 is 18.7 Å². The van der Waals surface area contributed by atoms with Gasteiger partial charge in [-0.3, -0.25) is 0 Å². The zero-order chi connectivity index (χ0) is 16.7. The van der Waals surface area contributed by atoms with Crippen LogP contribution < -0.4 is 10.6 Å². The number of carbonyl (C=O) groups is 2. The molecule has 2 aromatic carbocycles. The van der Waals surface area contributed by atoms with Crippen LogP contribution in [0.2, 0.25) is 0 Å². The molecule has 0 aliphatic heterocycles. The van der Waals surface area contributed by atoms with Gasteiger partial charge in [0.25, 0.3) is 0 Å². The predicted molar refractivity (Wildman–Crippen MR) is 84.7 cm³/mol. The van der Waals surface area contributed by atoms with Crippen molar-refractivity contribution in [3.63, 3.8) is 0 Å². The molecule has 2 aromatic rings. The lowest BCUT2D eigenvalue weighted by Crippen LogP contribution is -2.28. The Morgan fingerprint density at radius 1 is 1.09 bits per heavy atom. The Balaban J connectivity index is 1.87. The summed E-state index contributed by atoms with van der Waals surface area (Å²) in [5, 5.41) is 5.04. The van der Waals surface area contributed by atoms with Crippen LogP contribution in [0.5, 0.6) is 0 Å². The molecular weight excluding hydrogens is 299 g/mol. The maximum atomic E-state index is 13.4. The summed E-state index contributed by atoms with van der Waals surface area (Å²) in [5.74, 6) is -0.884. The number of para-hydroxylation sites is 1. The summed E-state index contributed by atoms with van der Waals surface area (Å²) in [6.45, 7) is 2.31. The van der Waals surface area contributed by atoms with Crippen molar-refractivity contribution in [2.24, 2.45) is 0 Å². The van der Waals surface area contributed by atoms with Gasteiger partial charge in [0.15, 0.2) is 0 Å². The number of halogens is 1. The Morgan fingerprint density at radius 3 is 2.43 bits per heavy atom. The van der Waals surface area contributed by atoms with Crippen molar-refractivity contribution in [1.29, 1.82) is 0 Å². The van der Waals surface area contributed by atoms with Crippen LogP contribution in [0.25, 0.3) is 0 Å². The third kappa shape index (κ3) is 4.81. The number of ether oxygens (including phenoxy) is 1. The van der Waals surface area contributed by atoms with Gasteiger partial charge in [0.1, 0.15) is 5.82 Å². The molecule has 0 atom stereocenters. The van der Waals surface area contributed by atoms with Gasteiger partial charge in [-0.15, -0.1) is 0 Å². The predicted octanol–water partition coefficient (Wildman–Crippen LogP) is 3.32. The highest BCUT2D eigenvalue weighted by Crippen LogP contribution is 2.12. The Kier molecular flexibility index (Phi) is 5.68. The fraction of sp³-hybridized carbons (Fsp3) is 0.176. The number of benzene rings is 2. The molecule has 0 fully saturated rings. The fourth-order valence-electron chi connectivity index (χ4n) is 1.88. The first kappa shape index (κ1) is 16.5. The quantitative estimate of drug-likeness (QED) is 0.832. The molecule has 6 heteroatoms. The van der Waals surface area contributed by atoms with Crippen molar-refractivity contribution in [2.75, 3.05) is 11.9 Å². The Hall–Kier alpha value is -2.89. The summed E-state index contributed by atoms with van der Waals surface area (Å²) in [4.78, 5) is 23.3. The highest BCUT2D eigenvalue weighted by Gasteiger charge is 2.07. The van der Waals surface area contributed by atoms with Crippen LogP contribution in [-0.2, 0) is 11.3 Å². The number of hydrogen-bond acceptors (Lipinski definition) is 3. The van der Waals surface area contributed by atoms with Crippen LogP contribution in [0.3, 0.4) is 0 Å². The third-order valence-electron chi connectivity index (χ3n) is 3.04. The Morgan fingerprint density at radius 2 is 1.78 bits per heavy atom. The Bertz CT molecular complexity index is 686. The number of anilines is 1. The van der Waals surface area contributed by atoms with E-state index in [2.05, 4.69) is 10.6 Å². The van der Waals surface area contributed by atoms with Gasteiger partial charge in [-0.1, -0.05) is 24.3 Å². The van der Waals surface area contributed by atoms with Gasteiger partial charge in [0.05, 0.1) is 17.9 Å². The number of carbonyl (C=O) groups excluding carboxylic acids is 2. The Labute approximate surface area is 133 Å². The standard InChI is InChI=1S/C17H17FN2O3/c1-2-23-16(21)13-9-7-12(8-10-13)11-19-17(22)20-15-6-4-3-5-14(15)18/h3-10H,2,11H2,1H3,(H2,19,20,22). The molecule has 0 saturated carbocycles. The van der Waals surface area contributed by atoms with Crippen LogP contribution in [0.4, 0.5) is 14.9 Å². The van der Waals surface area contributed by atoms with E-state index in [1.54, 1.807) is 43.3 Å². The summed E-state index contributed by atoms with van der Waals surface area (Å²) in [5.41, 5.74) is 1.37. The first-order valence-electron chi connectivity index (χ1n) is 7.15. The largest absolute Gasteiger partial charge is 0.462 e. The van der Waals surface area contributed by atoms with Gasteiger partial charge in [-0.05, 0) is 36.8 Å². The summed E-state index contributed by atoms with van der Waals surface area (Å²) < 4.78 is 18.3. The van der Waals surface area contributed by atoms with Gasteiger partial charge in [0, 0.05) is 6.54 Å². The minimum atomic E-state index is -0.510. The lowest BCUT2D eigenvalue weighted by atomic mass is 10.1. The lowest BCUT2D eigenvalue weighted by molar-refractivity contribution is 0.0526. The highest BCUT2D eigenvalue weighted by molar-refractivity contribution is 5.90. The summed E-state index contributed by atoms with van der Waals surface area (Å²) >= 11 is 0. The number of rotatable bonds is 5. The maximum Gasteiger partial charge on any atom is 0.338 e. The zero-order valence-corrected chi connectivity index (χ0v) is 12.6. The van der Waals surface area contributed by atoms with E-state index in [1.807, 2.05) is 0 Å². The molecule has 0 aromatic heterocycles. The molecule has 0 heterocycles. The first-order valence-corrected chi connectivity index (χ1v) is 7.15. The van der Waals surface area contributed by atoms with Crippen LogP contribution in [0.1, 0.15) is 22.8 Å². The maximum absolute atomic E-state index is 13.4. The lowest BCUT2D eigenvalue weighted by Gasteiger charge is -2.09. The minimum Gasteiger partial charge on any atom is -0.462 e. The second-order valence-corrected chi connectivity index (χ2v) is 4.70. The molecule has 2 rings (SSSR count). The molecule has 0 spiro atoms. The van der Waals surface area contributed by atoms with E-state index in [0.29, 0.717) is 12.2 Å². The molecule has 120 valence electrons. The number of nitrogens with one attached hydrogen (secondary N) is 2. The molecule has 0 bridgehead atoms. The summed E-state index contributed by atoms with van der Waals surface area (Å²) in [6, 6.07) is 12.1. The van der Waals surface area contributed by atoms with E-state index in [4.69, 9.17) is 4.74 Å². The van der Waals surface area contributed by atoms with Gasteiger partial charge >= 0.3 is 12.0 Å². The second kappa shape index (κ2) is 7.93. The topological polar surface area (TPSA) is 67.4 Å². The molecule has 0 aliphatic rings. The van der Waals surface area contributed by atoms with Crippen LogP contribution in [0.15, 0.2) is 48.5 Å². The van der Waals surface area contributed by atoms with E-state index in [1.165, 1.54) is 12.1 Å². The van der Waals surface area contributed by atoms with E-state index >= 15 is 0 Å². The number of esters is 1. The van der Waals surface area contributed by atoms with E-state index in [9.17, 15) is 14.0 Å². The first-order chi connectivity index (χ1) is 11.1. The summed E-state index contributed by atoms with van der Waals surface area (Å²) in [6.07, 6.45) is 0. The van der Waals surface area contributed by atoms with E-state index in [-0.39, 0.29) is 18.2 Å². The molecule has 0 unspecified atom stereocenters. The zero-order valence-electron chi connectivity index (χ0n) is 12.6. The van der Waals surface area contributed by atoms with E-state index < -0.39 is 11.8 Å². The fourth-order valence-corrected chi connectivity index (χ4v) is 1.88. The molecule has 23 heavy (non-hydrogen) atoms. The second-order valence-electron chi connectivity index (χ2n) is 4.70. The normalized spacial score (nSPS) is 10.0. The molecule has 2 amide bonds. The van der Waals surface area contributed by atoms with Gasteiger partial charge < -0.3 is 15.4 Å². The number of amides is 2. The molecule has 0 aliphatic carbocycles. The SMILES string of the molecule is CCOC(=O)c1ccc(CNC(=O)Nc2ccccc2F)cc1. The summed E-state index contributed by atoms with van der Waals surface area (Å²) in [7, 11) is 0. The molecule has 0 saturated heterocycles. The van der Waals surface area contributed by atoms with Crippen LogP contribution in [0, 0.1) is 5.82 Å². The van der Waals surface area contributed by atoms with Gasteiger partial charge in [-0.2, -0.15) is 0 Å². The number of hydrogen-bond donors (Lipinski definition) is 2. The van der Waals surface area contributed by atoms with Gasteiger partial charge in [-0.25, -0.2) is 14.0 Å². The van der Waals surface area contributed by atoms with Crippen LogP contribution in [-0.4, -0.2) is 18.6 Å². The third-order valence-corrected chi connectivity index (χ3v) is 3.04. The average molecular weight is 316 g/mol. The molecular formula is C17H17FN2O3. The van der Waals surface area contributed by atoms with Crippen LogP contribution >= 0.6 is 0 Å². The monoisotopic (exact) mass is 316 g/mol. The van der Waals surface area contributed by atoms with Crippen molar-refractivity contribution in [3.8, 4) is 0 Å². The smallest absolute Gasteiger partial charge is 0.338 e. The molecule has 2 N–H and O–H groups in total. The minimum absolute atomic E-state index is 0.114. The van der Waals surface area contributed by atoms with Crippen molar-refractivity contribution in [1.82, 2.24) is 5.32 Å². The van der Waals surface area contributed by atoms with Crippen molar-refractivity contribution in [2.45, 2.75) is 13.5 Å². The van der Waals surface area contributed by atoms with Crippen molar-refractivity contribution in [3.05, 3.63) is 65.5 Å².